The average Bonchev–Trinajstić information content (AvgIpc) is 3.40. The summed E-state index contributed by atoms with van der Waals surface area (Å²) in [5.41, 5.74) is 4.59. The number of rotatable bonds is 7. The number of benzene rings is 4. The van der Waals surface area contributed by atoms with E-state index in [9.17, 15) is 4.79 Å². The summed E-state index contributed by atoms with van der Waals surface area (Å²) in [7, 11) is 0. The molecule has 1 atom stereocenters. The molecule has 1 aliphatic heterocycles. The minimum absolute atomic E-state index is 0.231. The number of nitrogens with one attached hydrogen (secondary N) is 2. The van der Waals surface area contributed by atoms with Crippen molar-refractivity contribution in [3.8, 4) is 17.1 Å². The van der Waals surface area contributed by atoms with Gasteiger partial charge in [0.25, 0.3) is 5.91 Å². The van der Waals surface area contributed by atoms with Gasteiger partial charge in [-0.25, -0.2) is 4.68 Å². The zero-order valence-electron chi connectivity index (χ0n) is 21.7. The van der Waals surface area contributed by atoms with Crippen LogP contribution in [0.1, 0.15) is 24.1 Å². The Morgan fingerprint density at radius 1 is 0.925 bits per heavy atom. The molecule has 8 heteroatoms. The van der Waals surface area contributed by atoms with E-state index in [1.54, 1.807) is 10.7 Å². The molecule has 1 amide bonds. The van der Waals surface area contributed by atoms with Crippen molar-refractivity contribution < 1.29 is 9.53 Å². The Morgan fingerprint density at radius 2 is 1.60 bits per heavy atom. The molecule has 0 bridgehead atoms. The summed E-state index contributed by atoms with van der Waals surface area (Å²) < 4.78 is 7.74. The van der Waals surface area contributed by atoms with E-state index in [0.29, 0.717) is 45.9 Å². The van der Waals surface area contributed by atoms with Gasteiger partial charge in [-0.2, -0.15) is 4.98 Å². The lowest BCUT2D eigenvalue weighted by Crippen LogP contribution is -2.31. The number of nitrogens with zero attached hydrogens (tertiary/aromatic N) is 3. The van der Waals surface area contributed by atoms with Crippen LogP contribution in [0, 0.1) is 0 Å². The number of amides is 1. The zero-order valence-corrected chi connectivity index (χ0v) is 22.5. The molecule has 198 valence electrons. The molecular weight excluding hydrogens is 522 g/mol. The van der Waals surface area contributed by atoms with E-state index in [1.165, 1.54) is 0 Å². The number of carbonyl (C=O) groups is 1. The molecule has 1 unspecified atom stereocenters. The van der Waals surface area contributed by atoms with Gasteiger partial charge in [0.1, 0.15) is 18.4 Å². The number of halogens is 1. The summed E-state index contributed by atoms with van der Waals surface area (Å²) >= 11 is 6.47. The summed E-state index contributed by atoms with van der Waals surface area (Å²) in [6.45, 7) is 2.34. The van der Waals surface area contributed by atoms with Crippen LogP contribution >= 0.6 is 11.6 Å². The maximum Gasteiger partial charge on any atom is 0.255 e. The number of hydrogen-bond acceptors (Lipinski definition) is 5. The molecule has 5 aromatic rings. The van der Waals surface area contributed by atoms with Crippen molar-refractivity contribution >= 4 is 29.1 Å². The van der Waals surface area contributed by atoms with E-state index in [0.717, 1.165) is 16.9 Å². The molecule has 4 aromatic carbocycles. The van der Waals surface area contributed by atoms with Crippen molar-refractivity contribution in [1.82, 2.24) is 14.8 Å². The third kappa shape index (κ3) is 5.19. The first-order chi connectivity index (χ1) is 19.6. The third-order valence-electron chi connectivity index (χ3n) is 6.69. The maximum absolute atomic E-state index is 13.7. The van der Waals surface area contributed by atoms with Crippen LogP contribution in [0.2, 0.25) is 5.02 Å². The molecule has 0 fully saturated rings. The van der Waals surface area contributed by atoms with Crippen molar-refractivity contribution in [2.24, 2.45) is 0 Å². The lowest BCUT2D eigenvalue weighted by molar-refractivity contribution is -0.113. The number of aromatic nitrogens is 3. The lowest BCUT2D eigenvalue weighted by Gasteiger charge is -2.28. The van der Waals surface area contributed by atoms with Crippen LogP contribution < -0.4 is 15.4 Å². The zero-order chi connectivity index (χ0) is 27.5. The Bertz CT molecular complexity index is 1680. The normalized spacial score (nSPS) is 14.3. The number of hydrogen-bond donors (Lipinski definition) is 2. The van der Waals surface area contributed by atoms with Crippen LogP contribution in [0.15, 0.2) is 120 Å². The quantitative estimate of drug-likeness (QED) is 0.227. The molecule has 0 radical (unpaired) electrons. The first-order valence-corrected chi connectivity index (χ1v) is 13.3. The fourth-order valence-electron chi connectivity index (χ4n) is 4.72. The molecule has 0 saturated carbocycles. The number of carbonyl (C=O) groups excluding carboxylic acids is 1. The summed E-state index contributed by atoms with van der Waals surface area (Å²) in [6, 6.07) is 34.0. The molecule has 0 aliphatic carbocycles. The molecule has 6 rings (SSSR count). The molecule has 2 heterocycles. The first kappa shape index (κ1) is 25.4. The Balaban J connectivity index is 1.36. The van der Waals surface area contributed by atoms with Gasteiger partial charge in [-0.3, -0.25) is 4.79 Å². The van der Waals surface area contributed by atoms with Gasteiger partial charge in [0.15, 0.2) is 5.82 Å². The monoisotopic (exact) mass is 547 g/mol. The van der Waals surface area contributed by atoms with Gasteiger partial charge >= 0.3 is 0 Å². The van der Waals surface area contributed by atoms with Crippen molar-refractivity contribution in [3.63, 3.8) is 0 Å². The van der Waals surface area contributed by atoms with Gasteiger partial charge in [-0.15, -0.1) is 5.10 Å². The van der Waals surface area contributed by atoms with Gasteiger partial charge in [0.2, 0.25) is 5.95 Å². The van der Waals surface area contributed by atoms with E-state index in [-0.39, 0.29) is 5.91 Å². The molecule has 0 spiro atoms. The molecular formula is C32H26ClN5O2. The second-order valence-electron chi connectivity index (χ2n) is 9.41. The van der Waals surface area contributed by atoms with Crippen molar-refractivity contribution in [2.45, 2.75) is 19.6 Å². The summed E-state index contributed by atoms with van der Waals surface area (Å²) in [5, 5.41) is 11.7. The average molecular weight is 548 g/mol. The van der Waals surface area contributed by atoms with Crippen molar-refractivity contribution in [1.29, 1.82) is 0 Å². The number of ether oxygens (including phenoxy) is 1. The molecule has 7 nitrogen and oxygen atoms in total. The highest BCUT2D eigenvalue weighted by Crippen LogP contribution is 2.38. The molecule has 40 heavy (non-hydrogen) atoms. The second kappa shape index (κ2) is 11.1. The van der Waals surface area contributed by atoms with E-state index < -0.39 is 6.04 Å². The van der Waals surface area contributed by atoms with Gasteiger partial charge in [-0.05, 0) is 54.4 Å². The largest absolute Gasteiger partial charge is 0.489 e. The van der Waals surface area contributed by atoms with Crippen LogP contribution in [-0.4, -0.2) is 20.7 Å². The number of fused-ring (bicyclic) bond motifs is 1. The van der Waals surface area contributed by atoms with E-state index >= 15 is 0 Å². The van der Waals surface area contributed by atoms with E-state index in [2.05, 4.69) is 10.6 Å². The number of anilines is 2. The Kier molecular flexibility index (Phi) is 7.04. The van der Waals surface area contributed by atoms with Gasteiger partial charge < -0.3 is 15.4 Å². The lowest BCUT2D eigenvalue weighted by atomic mass is 9.95. The Labute approximate surface area is 237 Å². The predicted molar refractivity (Wildman–Crippen MR) is 157 cm³/mol. The smallest absolute Gasteiger partial charge is 0.255 e. The topological polar surface area (TPSA) is 81.1 Å². The molecule has 1 aromatic heterocycles. The summed E-state index contributed by atoms with van der Waals surface area (Å²) in [4.78, 5) is 18.4. The SMILES string of the molecule is CC1=C(C(=O)Nc2ccccc2)C(c2ccc(OCc3ccccc3)cc2)n2nc(-c3ccccc3Cl)nc2N1. The minimum atomic E-state index is -0.535. The first-order valence-electron chi connectivity index (χ1n) is 12.9. The highest BCUT2D eigenvalue weighted by atomic mass is 35.5. The highest BCUT2D eigenvalue weighted by Gasteiger charge is 2.34. The van der Waals surface area contributed by atoms with Crippen LogP contribution in [0.3, 0.4) is 0 Å². The van der Waals surface area contributed by atoms with Crippen LogP contribution in [-0.2, 0) is 11.4 Å². The van der Waals surface area contributed by atoms with Crippen LogP contribution in [0.5, 0.6) is 5.75 Å². The van der Waals surface area contributed by atoms with E-state index in [4.69, 9.17) is 26.4 Å². The fourth-order valence-corrected chi connectivity index (χ4v) is 4.94. The van der Waals surface area contributed by atoms with Crippen LogP contribution in [0.4, 0.5) is 11.6 Å². The highest BCUT2D eigenvalue weighted by molar-refractivity contribution is 6.33. The third-order valence-corrected chi connectivity index (χ3v) is 7.02. The number of allylic oxidation sites excluding steroid dienone is 1. The summed E-state index contributed by atoms with van der Waals surface area (Å²) in [6.07, 6.45) is 0. The molecule has 1 aliphatic rings. The van der Waals surface area contributed by atoms with Gasteiger partial charge in [0, 0.05) is 16.9 Å². The van der Waals surface area contributed by atoms with Crippen molar-refractivity contribution in [3.05, 3.63) is 137 Å². The van der Waals surface area contributed by atoms with Gasteiger partial charge in [0.05, 0.1) is 10.6 Å². The standard InChI is InChI=1S/C32H26ClN5O2/c1-21-28(31(39)35-24-12-6-3-7-13-24)29(23-16-18-25(19-17-23)40-20-22-10-4-2-5-11-22)38-32(34-21)36-30(37-38)26-14-8-9-15-27(26)33/h2-19,29H,20H2,1H3,(H,35,39)(H,34,36,37). The summed E-state index contributed by atoms with van der Waals surface area (Å²) in [5.74, 6) is 1.50. The minimum Gasteiger partial charge on any atom is -0.489 e. The fraction of sp³-hybridized carbons (Fsp3) is 0.0938. The van der Waals surface area contributed by atoms with Gasteiger partial charge in [-0.1, -0.05) is 84.4 Å². The molecule has 2 N–H and O–H groups in total. The Morgan fingerprint density at radius 3 is 2.33 bits per heavy atom. The van der Waals surface area contributed by atoms with Crippen molar-refractivity contribution in [2.75, 3.05) is 10.6 Å². The Hall–Kier alpha value is -4.88. The molecule has 0 saturated heterocycles. The predicted octanol–water partition coefficient (Wildman–Crippen LogP) is 7.11. The van der Waals surface area contributed by atoms with Crippen LogP contribution in [0.25, 0.3) is 11.4 Å². The van der Waals surface area contributed by atoms with E-state index in [1.807, 2.05) is 110 Å². The number of para-hydroxylation sites is 1. The maximum atomic E-state index is 13.7. The second-order valence-corrected chi connectivity index (χ2v) is 9.82.